The van der Waals surface area contributed by atoms with Gasteiger partial charge in [-0.3, -0.25) is 19.2 Å². The number of aliphatic hydroxyl groups is 1. The zero-order valence-corrected chi connectivity index (χ0v) is 23.5. The van der Waals surface area contributed by atoms with E-state index in [1.807, 2.05) is 13.0 Å². The molecule has 4 aliphatic rings. The van der Waals surface area contributed by atoms with E-state index < -0.39 is 29.4 Å². The number of benzene rings is 1. The average molecular weight is 554 g/mol. The maximum absolute atomic E-state index is 13.4. The second-order valence-corrected chi connectivity index (χ2v) is 12.8. The highest BCUT2D eigenvalue weighted by Gasteiger charge is 2.66. The molecule has 0 aromatic heterocycles. The van der Waals surface area contributed by atoms with Crippen molar-refractivity contribution in [1.82, 2.24) is 5.32 Å². The molecule has 6 atom stereocenters. The van der Waals surface area contributed by atoms with Crippen molar-refractivity contribution in [2.24, 2.45) is 28.6 Å². The SMILES string of the molecule is C[C@]12CCC(=O)C=C1CC[C@H]1[C@@H]2CC[C@]2(C)[C@H]1CC[C@]2(O)C(=O)COC(=O)CCC(=O)NCc1ccc(F)cc1. The van der Waals surface area contributed by atoms with Crippen LogP contribution >= 0.6 is 0 Å². The molecule has 1 aromatic carbocycles. The van der Waals surface area contributed by atoms with Crippen LogP contribution in [0.25, 0.3) is 0 Å². The highest BCUT2D eigenvalue weighted by atomic mass is 19.1. The third-order valence-electron chi connectivity index (χ3n) is 10.9. The summed E-state index contributed by atoms with van der Waals surface area (Å²) >= 11 is 0. The van der Waals surface area contributed by atoms with Crippen molar-refractivity contribution in [3.8, 4) is 0 Å². The molecule has 4 aliphatic carbocycles. The molecular formula is C32H40FNO6. The van der Waals surface area contributed by atoms with Crippen LogP contribution < -0.4 is 5.32 Å². The number of carbonyl (C=O) groups is 4. The van der Waals surface area contributed by atoms with Crippen molar-refractivity contribution in [1.29, 1.82) is 0 Å². The van der Waals surface area contributed by atoms with E-state index in [1.165, 1.54) is 17.7 Å². The van der Waals surface area contributed by atoms with E-state index in [0.717, 1.165) is 44.1 Å². The van der Waals surface area contributed by atoms with E-state index in [1.54, 1.807) is 12.1 Å². The van der Waals surface area contributed by atoms with Gasteiger partial charge in [0.25, 0.3) is 0 Å². The van der Waals surface area contributed by atoms with E-state index >= 15 is 0 Å². The number of carbonyl (C=O) groups excluding carboxylic acids is 4. The number of ketones is 2. The maximum Gasteiger partial charge on any atom is 0.306 e. The van der Waals surface area contributed by atoms with Crippen molar-refractivity contribution in [3.63, 3.8) is 0 Å². The first-order chi connectivity index (χ1) is 19.0. The average Bonchev–Trinajstić information content (AvgIpc) is 3.22. The molecule has 3 saturated carbocycles. The van der Waals surface area contributed by atoms with Gasteiger partial charge in [0.15, 0.2) is 12.4 Å². The van der Waals surface area contributed by atoms with Crippen LogP contribution in [-0.2, 0) is 30.5 Å². The zero-order chi connectivity index (χ0) is 28.7. The Bertz CT molecular complexity index is 1230. The standard InChI is InChI=1S/C32H40FNO6/c1-30-14-11-23(35)17-21(30)5-8-24-25(30)12-15-31(2)26(24)13-16-32(31,39)27(36)19-40-29(38)10-9-28(37)34-18-20-3-6-22(33)7-4-20/h3-4,6-7,17,24-26,39H,5,8-16,18-19H2,1-2H3,(H,34,37)/t24-,25-,26-,30-,31+,32-/m0/s1. The number of Topliss-reactive ketones (excluding diaryl/α,β-unsaturated/α-hetero) is 1. The van der Waals surface area contributed by atoms with E-state index in [-0.39, 0.29) is 48.2 Å². The van der Waals surface area contributed by atoms with Crippen molar-refractivity contribution in [2.45, 2.75) is 90.2 Å². The molecule has 5 rings (SSSR count). The number of amides is 1. The molecule has 0 spiro atoms. The minimum absolute atomic E-state index is 0.0176. The summed E-state index contributed by atoms with van der Waals surface area (Å²) in [7, 11) is 0. The van der Waals surface area contributed by atoms with Gasteiger partial charge in [-0.2, -0.15) is 0 Å². The molecule has 0 bridgehead atoms. The lowest BCUT2D eigenvalue weighted by Gasteiger charge is -2.58. The van der Waals surface area contributed by atoms with Gasteiger partial charge in [0.05, 0.1) is 6.42 Å². The Kier molecular flexibility index (Phi) is 7.77. The fourth-order valence-electron chi connectivity index (χ4n) is 8.48. The van der Waals surface area contributed by atoms with Crippen molar-refractivity contribution < 1.29 is 33.4 Å². The number of esters is 1. The second kappa shape index (κ2) is 10.8. The van der Waals surface area contributed by atoms with Gasteiger partial charge in [0.1, 0.15) is 11.4 Å². The number of hydrogen-bond acceptors (Lipinski definition) is 6. The largest absolute Gasteiger partial charge is 0.458 e. The van der Waals surface area contributed by atoms with Gasteiger partial charge in [-0.15, -0.1) is 0 Å². The quantitative estimate of drug-likeness (QED) is 0.456. The zero-order valence-electron chi connectivity index (χ0n) is 23.5. The monoisotopic (exact) mass is 553 g/mol. The molecule has 0 unspecified atom stereocenters. The van der Waals surface area contributed by atoms with E-state index in [4.69, 9.17) is 4.74 Å². The van der Waals surface area contributed by atoms with Crippen molar-refractivity contribution >= 4 is 23.4 Å². The number of nitrogens with one attached hydrogen (secondary N) is 1. The number of hydrogen-bond donors (Lipinski definition) is 2. The summed E-state index contributed by atoms with van der Waals surface area (Å²) in [5, 5.41) is 14.5. The fraction of sp³-hybridized carbons (Fsp3) is 0.625. The Morgan fingerprint density at radius 2 is 1.73 bits per heavy atom. The molecule has 0 saturated heterocycles. The van der Waals surface area contributed by atoms with Gasteiger partial charge >= 0.3 is 5.97 Å². The van der Waals surface area contributed by atoms with Crippen molar-refractivity contribution in [2.75, 3.05) is 6.61 Å². The molecule has 40 heavy (non-hydrogen) atoms. The molecule has 0 heterocycles. The van der Waals surface area contributed by atoms with Crippen LogP contribution in [0.15, 0.2) is 35.9 Å². The predicted molar refractivity (Wildman–Crippen MR) is 145 cm³/mol. The Balaban J connectivity index is 1.14. The number of halogens is 1. The van der Waals surface area contributed by atoms with Crippen LogP contribution in [0.1, 0.15) is 83.6 Å². The topological polar surface area (TPSA) is 110 Å². The first-order valence-electron chi connectivity index (χ1n) is 14.6. The number of allylic oxidation sites excluding steroid dienone is 1. The molecule has 1 aromatic rings. The van der Waals surface area contributed by atoms with Crippen molar-refractivity contribution in [3.05, 3.63) is 47.3 Å². The third kappa shape index (κ3) is 5.04. The maximum atomic E-state index is 13.4. The third-order valence-corrected chi connectivity index (χ3v) is 10.9. The molecular weight excluding hydrogens is 513 g/mol. The summed E-state index contributed by atoms with van der Waals surface area (Å²) in [5.41, 5.74) is -0.0887. The number of fused-ring (bicyclic) bond motifs is 5. The van der Waals surface area contributed by atoms with Gasteiger partial charge in [-0.1, -0.05) is 31.6 Å². The Hall–Kier alpha value is -2.87. The molecule has 3 fully saturated rings. The number of ether oxygens (including phenoxy) is 1. The Morgan fingerprint density at radius 1 is 1.00 bits per heavy atom. The van der Waals surface area contributed by atoms with E-state index in [2.05, 4.69) is 12.2 Å². The summed E-state index contributed by atoms with van der Waals surface area (Å²) in [6.07, 6.45) is 7.70. The highest BCUT2D eigenvalue weighted by Crippen LogP contribution is 2.67. The molecule has 8 heteroatoms. The number of rotatable bonds is 8. The smallest absolute Gasteiger partial charge is 0.306 e. The van der Waals surface area contributed by atoms with Crippen LogP contribution in [0.3, 0.4) is 0 Å². The first-order valence-corrected chi connectivity index (χ1v) is 14.6. The summed E-state index contributed by atoms with van der Waals surface area (Å²) < 4.78 is 18.2. The summed E-state index contributed by atoms with van der Waals surface area (Å²) in [5.74, 6) is -0.557. The van der Waals surface area contributed by atoms with Gasteiger partial charge in [0.2, 0.25) is 11.7 Å². The molecule has 1 amide bonds. The van der Waals surface area contributed by atoms with Gasteiger partial charge in [0, 0.05) is 24.8 Å². The normalized spacial score (nSPS) is 34.6. The van der Waals surface area contributed by atoms with Crippen LogP contribution in [0.4, 0.5) is 4.39 Å². The van der Waals surface area contributed by atoms with Gasteiger partial charge in [-0.25, -0.2) is 4.39 Å². The van der Waals surface area contributed by atoms with Gasteiger partial charge in [-0.05, 0) is 91.9 Å². The fourth-order valence-corrected chi connectivity index (χ4v) is 8.48. The molecule has 7 nitrogen and oxygen atoms in total. The summed E-state index contributed by atoms with van der Waals surface area (Å²) in [6.45, 7) is 4.05. The van der Waals surface area contributed by atoms with E-state index in [0.29, 0.717) is 24.7 Å². The van der Waals surface area contributed by atoms with Crippen LogP contribution in [-0.4, -0.2) is 40.8 Å². The summed E-state index contributed by atoms with van der Waals surface area (Å²) in [4.78, 5) is 49.9. The van der Waals surface area contributed by atoms with Gasteiger partial charge < -0.3 is 15.2 Å². The van der Waals surface area contributed by atoms with E-state index in [9.17, 15) is 28.7 Å². The first kappa shape index (κ1) is 28.7. The molecule has 216 valence electrons. The Morgan fingerprint density at radius 3 is 2.48 bits per heavy atom. The second-order valence-electron chi connectivity index (χ2n) is 12.8. The molecule has 0 radical (unpaired) electrons. The summed E-state index contributed by atoms with van der Waals surface area (Å²) in [6, 6.07) is 5.76. The molecule has 2 N–H and O–H groups in total. The predicted octanol–water partition coefficient (Wildman–Crippen LogP) is 4.60. The van der Waals surface area contributed by atoms with Crippen LogP contribution in [0.5, 0.6) is 0 Å². The van der Waals surface area contributed by atoms with Crippen LogP contribution in [0, 0.1) is 34.4 Å². The highest BCUT2D eigenvalue weighted by molar-refractivity contribution is 5.92. The lowest BCUT2D eigenvalue weighted by Crippen LogP contribution is -2.58. The lowest BCUT2D eigenvalue weighted by atomic mass is 9.46. The molecule has 0 aliphatic heterocycles. The lowest BCUT2D eigenvalue weighted by molar-refractivity contribution is -0.170. The van der Waals surface area contributed by atoms with Crippen LogP contribution in [0.2, 0.25) is 0 Å². The minimum atomic E-state index is -1.55. The Labute approximate surface area is 234 Å². The minimum Gasteiger partial charge on any atom is -0.458 e.